The molecule has 132 valence electrons. The Morgan fingerprint density at radius 2 is 1.88 bits per heavy atom. The average Bonchev–Trinajstić information content (AvgIpc) is 2.57. The summed E-state index contributed by atoms with van der Waals surface area (Å²) in [7, 11) is 0. The monoisotopic (exact) mass is 333 g/mol. The topological polar surface area (TPSA) is 64.6 Å². The first-order valence-corrected chi connectivity index (χ1v) is 8.39. The van der Waals surface area contributed by atoms with Crippen molar-refractivity contribution in [1.29, 1.82) is 0 Å². The van der Waals surface area contributed by atoms with Gasteiger partial charge in [-0.15, -0.1) is 0 Å². The molecule has 0 unspecified atom stereocenters. The van der Waals surface area contributed by atoms with Gasteiger partial charge >= 0.3 is 12.1 Å². The highest BCUT2D eigenvalue weighted by Gasteiger charge is 2.18. The van der Waals surface area contributed by atoms with Crippen molar-refractivity contribution < 1.29 is 19.1 Å². The summed E-state index contributed by atoms with van der Waals surface area (Å²) < 4.78 is 10.2. The maximum absolute atomic E-state index is 11.9. The van der Waals surface area contributed by atoms with E-state index in [2.05, 4.69) is 18.8 Å². The van der Waals surface area contributed by atoms with Crippen LogP contribution in [-0.4, -0.2) is 18.1 Å². The number of hydrogen-bond donors (Lipinski definition) is 1. The maximum atomic E-state index is 11.9. The molecule has 5 nitrogen and oxygen atoms in total. The molecule has 1 aromatic carbocycles. The molecule has 0 heterocycles. The highest BCUT2D eigenvalue weighted by atomic mass is 16.6. The molecule has 1 atom stereocenters. The van der Waals surface area contributed by atoms with E-state index < -0.39 is 18.1 Å². The molecule has 0 bridgehead atoms. The van der Waals surface area contributed by atoms with Crippen LogP contribution in [0.15, 0.2) is 42.7 Å². The van der Waals surface area contributed by atoms with Crippen molar-refractivity contribution >= 4 is 12.1 Å². The van der Waals surface area contributed by atoms with E-state index in [1.54, 1.807) is 6.92 Å². The third-order valence-electron chi connectivity index (χ3n) is 3.45. The molecule has 0 aliphatic carbocycles. The second kappa shape index (κ2) is 11.3. The zero-order chi connectivity index (χ0) is 17.8. The molecular formula is C19H27NO4. The van der Waals surface area contributed by atoms with Crippen molar-refractivity contribution in [3.8, 4) is 0 Å². The Balaban J connectivity index is 2.25. The second-order valence-corrected chi connectivity index (χ2v) is 5.70. The Morgan fingerprint density at radius 1 is 1.17 bits per heavy atom. The zero-order valence-electron chi connectivity index (χ0n) is 14.5. The molecule has 1 aromatic rings. The SMILES string of the molecule is C=C(CCCCCC)OC(=O)[C@H](C)NC(=O)OCc1ccccc1. The maximum Gasteiger partial charge on any atom is 0.408 e. The molecule has 0 aliphatic heterocycles. The predicted octanol–water partition coefficient (Wildman–Crippen LogP) is 4.33. The third kappa shape index (κ3) is 8.36. The standard InChI is InChI=1S/C19H27NO4/c1-4-5-6-8-11-15(2)24-18(21)16(3)20-19(22)23-14-17-12-9-7-10-13-17/h7,9-10,12-13,16H,2,4-6,8,11,14H2,1,3H3,(H,20,22)/t16-/m0/s1. The first-order chi connectivity index (χ1) is 11.5. The Labute approximate surface area is 144 Å². The molecule has 0 aromatic heterocycles. The molecule has 5 heteroatoms. The van der Waals surface area contributed by atoms with Crippen LogP contribution in [-0.2, 0) is 20.9 Å². The third-order valence-corrected chi connectivity index (χ3v) is 3.45. The first-order valence-electron chi connectivity index (χ1n) is 8.39. The molecule has 1 N–H and O–H groups in total. The molecule has 0 saturated carbocycles. The molecule has 0 spiro atoms. The van der Waals surface area contributed by atoms with Gasteiger partial charge in [-0.3, -0.25) is 0 Å². The van der Waals surface area contributed by atoms with Gasteiger partial charge in [0.25, 0.3) is 0 Å². The van der Waals surface area contributed by atoms with Crippen LogP contribution >= 0.6 is 0 Å². The molecule has 0 fully saturated rings. The largest absolute Gasteiger partial charge is 0.445 e. The van der Waals surface area contributed by atoms with Gasteiger partial charge in [0.05, 0.1) is 0 Å². The van der Waals surface area contributed by atoms with Gasteiger partial charge in [-0.05, 0) is 18.9 Å². The summed E-state index contributed by atoms with van der Waals surface area (Å²) in [5.41, 5.74) is 0.878. The fraction of sp³-hybridized carbons (Fsp3) is 0.474. The van der Waals surface area contributed by atoms with Crippen LogP contribution in [0.3, 0.4) is 0 Å². The number of rotatable bonds is 10. The Hall–Kier alpha value is -2.30. The van der Waals surface area contributed by atoms with E-state index in [1.165, 1.54) is 0 Å². The van der Waals surface area contributed by atoms with Gasteiger partial charge in [-0.25, -0.2) is 9.59 Å². The molecule has 24 heavy (non-hydrogen) atoms. The first kappa shape index (κ1) is 19.7. The number of esters is 1. The molecule has 1 rings (SSSR count). The van der Waals surface area contributed by atoms with Crippen LogP contribution in [0.4, 0.5) is 4.79 Å². The lowest BCUT2D eigenvalue weighted by atomic mass is 10.1. The lowest BCUT2D eigenvalue weighted by Crippen LogP contribution is -2.39. The number of ether oxygens (including phenoxy) is 2. The van der Waals surface area contributed by atoms with Crippen molar-refractivity contribution in [3.63, 3.8) is 0 Å². The summed E-state index contributed by atoms with van der Waals surface area (Å²) in [6.07, 6.45) is 4.34. The van der Waals surface area contributed by atoms with Crippen LogP contribution < -0.4 is 5.32 Å². The van der Waals surface area contributed by atoms with Crippen molar-refractivity contribution in [2.24, 2.45) is 0 Å². The van der Waals surface area contributed by atoms with Gasteiger partial charge in [0.15, 0.2) is 0 Å². The van der Waals surface area contributed by atoms with E-state index >= 15 is 0 Å². The number of amides is 1. The van der Waals surface area contributed by atoms with Gasteiger partial charge in [0.1, 0.15) is 18.4 Å². The summed E-state index contributed by atoms with van der Waals surface area (Å²) in [4.78, 5) is 23.6. The van der Waals surface area contributed by atoms with Crippen LogP contribution in [0.5, 0.6) is 0 Å². The summed E-state index contributed by atoms with van der Waals surface area (Å²) >= 11 is 0. The summed E-state index contributed by atoms with van der Waals surface area (Å²) in [6, 6.07) is 8.53. The Morgan fingerprint density at radius 3 is 2.54 bits per heavy atom. The van der Waals surface area contributed by atoms with Crippen molar-refractivity contribution in [2.45, 2.75) is 58.6 Å². The zero-order valence-corrected chi connectivity index (χ0v) is 14.5. The minimum Gasteiger partial charge on any atom is -0.445 e. The number of carbonyl (C=O) groups excluding carboxylic acids is 2. The van der Waals surface area contributed by atoms with E-state index in [0.29, 0.717) is 12.2 Å². The van der Waals surface area contributed by atoms with Crippen molar-refractivity contribution in [1.82, 2.24) is 5.32 Å². The van der Waals surface area contributed by atoms with Crippen molar-refractivity contribution in [2.75, 3.05) is 0 Å². The minimum atomic E-state index is -0.791. The lowest BCUT2D eigenvalue weighted by Gasteiger charge is -2.14. The highest BCUT2D eigenvalue weighted by Crippen LogP contribution is 2.10. The highest BCUT2D eigenvalue weighted by molar-refractivity contribution is 5.81. The van der Waals surface area contributed by atoms with Crippen LogP contribution in [0, 0.1) is 0 Å². The molecule has 0 saturated heterocycles. The smallest absolute Gasteiger partial charge is 0.408 e. The van der Waals surface area contributed by atoms with Gasteiger partial charge in [-0.2, -0.15) is 0 Å². The molecule has 0 aliphatic rings. The fourth-order valence-electron chi connectivity index (χ4n) is 2.03. The normalized spacial score (nSPS) is 11.4. The quantitative estimate of drug-likeness (QED) is 0.393. The lowest BCUT2D eigenvalue weighted by molar-refractivity contribution is -0.141. The van der Waals surface area contributed by atoms with Crippen LogP contribution in [0.1, 0.15) is 51.5 Å². The van der Waals surface area contributed by atoms with Crippen molar-refractivity contribution in [3.05, 3.63) is 48.2 Å². The van der Waals surface area contributed by atoms with Gasteiger partial charge in [0, 0.05) is 6.42 Å². The number of allylic oxidation sites excluding steroid dienone is 1. The van der Waals surface area contributed by atoms with Gasteiger partial charge in [-0.1, -0.05) is 63.1 Å². The van der Waals surface area contributed by atoms with Gasteiger partial charge < -0.3 is 14.8 Å². The minimum absolute atomic E-state index is 0.151. The Kier molecular flexibility index (Phi) is 9.27. The summed E-state index contributed by atoms with van der Waals surface area (Å²) in [6.45, 7) is 7.58. The van der Waals surface area contributed by atoms with E-state index in [-0.39, 0.29) is 6.61 Å². The number of benzene rings is 1. The van der Waals surface area contributed by atoms with E-state index in [4.69, 9.17) is 9.47 Å². The van der Waals surface area contributed by atoms with E-state index in [1.807, 2.05) is 30.3 Å². The molecular weight excluding hydrogens is 306 g/mol. The number of unbranched alkanes of at least 4 members (excludes halogenated alkanes) is 3. The van der Waals surface area contributed by atoms with E-state index in [9.17, 15) is 9.59 Å². The average molecular weight is 333 g/mol. The number of nitrogens with one attached hydrogen (secondary N) is 1. The number of alkyl carbamates (subject to hydrolysis) is 1. The van der Waals surface area contributed by atoms with Crippen LogP contribution in [0.25, 0.3) is 0 Å². The number of hydrogen-bond acceptors (Lipinski definition) is 4. The van der Waals surface area contributed by atoms with E-state index in [0.717, 1.165) is 31.2 Å². The van der Waals surface area contributed by atoms with Crippen LogP contribution in [0.2, 0.25) is 0 Å². The summed E-state index contributed by atoms with van der Waals surface area (Å²) in [5.74, 6) is -0.102. The van der Waals surface area contributed by atoms with Gasteiger partial charge in [0.2, 0.25) is 0 Å². The fourth-order valence-corrected chi connectivity index (χ4v) is 2.03. The number of carbonyl (C=O) groups is 2. The Bertz CT molecular complexity index is 527. The molecule has 0 radical (unpaired) electrons. The predicted molar refractivity (Wildman–Crippen MR) is 93.2 cm³/mol. The molecule has 1 amide bonds. The second-order valence-electron chi connectivity index (χ2n) is 5.70. The summed E-state index contributed by atoms with van der Waals surface area (Å²) in [5, 5.41) is 2.45.